The van der Waals surface area contributed by atoms with Crippen molar-refractivity contribution in [1.82, 2.24) is 10.9 Å². The molecule has 0 bridgehead atoms. The molecule has 0 saturated carbocycles. The van der Waals surface area contributed by atoms with Crippen molar-refractivity contribution in [2.45, 2.75) is 0 Å². The molecule has 1 aromatic carbocycles. The summed E-state index contributed by atoms with van der Waals surface area (Å²) >= 11 is 10.9. The molecule has 0 spiro atoms. The lowest BCUT2D eigenvalue weighted by Gasteiger charge is -2.09. The lowest BCUT2D eigenvalue weighted by atomic mass is 10.2. The highest BCUT2D eigenvalue weighted by Crippen LogP contribution is 2.08. The summed E-state index contributed by atoms with van der Waals surface area (Å²) in [4.78, 5) is 22.1. The Morgan fingerprint density at radius 3 is 1.95 bits per heavy atom. The van der Waals surface area contributed by atoms with Crippen LogP contribution in [-0.2, 0) is 14.3 Å². The van der Waals surface area contributed by atoms with E-state index in [-0.39, 0.29) is 5.88 Å². The highest BCUT2D eigenvalue weighted by molar-refractivity contribution is 6.30. The van der Waals surface area contributed by atoms with Gasteiger partial charge in [-0.1, -0.05) is 11.6 Å². The normalized spacial score (nSPS) is 13.6. The van der Waals surface area contributed by atoms with E-state index < -0.39 is 11.8 Å². The van der Waals surface area contributed by atoms with Crippen molar-refractivity contribution in [1.29, 1.82) is 0 Å². The second kappa shape index (κ2) is 10.4. The van der Waals surface area contributed by atoms with Crippen LogP contribution in [0.3, 0.4) is 0 Å². The van der Waals surface area contributed by atoms with Crippen LogP contribution in [0.5, 0.6) is 0 Å². The van der Waals surface area contributed by atoms with Crippen LogP contribution in [0.25, 0.3) is 0 Å². The number of hydrogen-bond donors (Lipinski definition) is 2. The van der Waals surface area contributed by atoms with Gasteiger partial charge in [0.2, 0.25) is 0 Å². The SMILES string of the molecule is C1COCCO1.O=C(CCl)NNC(=O)c1ccc(Cl)cc1. The van der Waals surface area contributed by atoms with Crippen molar-refractivity contribution < 1.29 is 19.1 Å². The number of rotatable bonds is 2. The number of ether oxygens (including phenoxy) is 2. The quantitative estimate of drug-likeness (QED) is 0.632. The first kappa shape index (κ1) is 17.7. The molecule has 0 aromatic heterocycles. The molecule has 2 N–H and O–H groups in total. The van der Waals surface area contributed by atoms with E-state index in [9.17, 15) is 9.59 Å². The van der Waals surface area contributed by atoms with Gasteiger partial charge in [-0.05, 0) is 24.3 Å². The Morgan fingerprint density at radius 2 is 1.52 bits per heavy atom. The van der Waals surface area contributed by atoms with Gasteiger partial charge in [0, 0.05) is 10.6 Å². The Morgan fingerprint density at radius 1 is 1.00 bits per heavy atom. The largest absolute Gasteiger partial charge is 0.377 e. The van der Waals surface area contributed by atoms with Crippen LogP contribution in [0.15, 0.2) is 24.3 Å². The van der Waals surface area contributed by atoms with E-state index in [4.69, 9.17) is 32.7 Å². The molecule has 0 unspecified atom stereocenters. The molecule has 1 aromatic rings. The first-order valence-electron chi connectivity index (χ1n) is 6.19. The van der Waals surface area contributed by atoms with Crippen LogP contribution in [0.1, 0.15) is 10.4 Å². The molecule has 1 aliphatic rings. The van der Waals surface area contributed by atoms with Gasteiger partial charge in [0.05, 0.1) is 26.4 Å². The Bertz CT molecular complexity index is 438. The van der Waals surface area contributed by atoms with E-state index in [0.29, 0.717) is 10.6 Å². The monoisotopic (exact) mass is 334 g/mol. The molecule has 8 heteroatoms. The molecule has 0 radical (unpaired) electrons. The zero-order valence-corrected chi connectivity index (χ0v) is 12.7. The van der Waals surface area contributed by atoms with Crippen molar-refractivity contribution in [3.05, 3.63) is 34.9 Å². The first-order valence-corrected chi connectivity index (χ1v) is 7.11. The number of hydrazine groups is 1. The first-order chi connectivity index (χ1) is 10.1. The molecule has 2 rings (SSSR count). The maximum absolute atomic E-state index is 11.4. The summed E-state index contributed by atoms with van der Waals surface area (Å²) in [6.45, 7) is 3.11. The van der Waals surface area contributed by atoms with Crippen molar-refractivity contribution in [2.24, 2.45) is 0 Å². The third-order valence-corrected chi connectivity index (χ3v) is 2.78. The number of carbonyl (C=O) groups excluding carboxylic acids is 2. The zero-order valence-electron chi connectivity index (χ0n) is 11.2. The number of halogens is 2. The van der Waals surface area contributed by atoms with E-state index in [2.05, 4.69) is 10.9 Å². The second-order valence-electron chi connectivity index (χ2n) is 3.87. The van der Waals surface area contributed by atoms with E-state index in [0.717, 1.165) is 26.4 Å². The highest BCUT2D eigenvalue weighted by atomic mass is 35.5. The number of nitrogens with one attached hydrogen (secondary N) is 2. The predicted octanol–water partition coefficient (Wildman–Crippen LogP) is 1.37. The summed E-state index contributed by atoms with van der Waals surface area (Å²) in [7, 11) is 0. The number of carbonyl (C=O) groups is 2. The molecule has 0 atom stereocenters. The number of alkyl halides is 1. The van der Waals surface area contributed by atoms with Gasteiger partial charge in [0.15, 0.2) is 0 Å². The van der Waals surface area contributed by atoms with E-state index in [1.54, 1.807) is 24.3 Å². The fourth-order valence-electron chi connectivity index (χ4n) is 1.27. The molecule has 1 fully saturated rings. The van der Waals surface area contributed by atoms with Crippen LogP contribution < -0.4 is 10.9 Å². The standard InChI is InChI=1S/C9H8Cl2N2O2.C4H8O2/c10-5-8(14)12-13-9(15)6-1-3-7(11)4-2-6;1-2-6-4-3-5-1/h1-4H,5H2,(H,12,14)(H,13,15);1-4H2. The topological polar surface area (TPSA) is 76.7 Å². The molecule has 2 amide bonds. The maximum Gasteiger partial charge on any atom is 0.269 e. The summed E-state index contributed by atoms with van der Waals surface area (Å²) in [6, 6.07) is 6.26. The number of hydrogen-bond acceptors (Lipinski definition) is 4. The lowest BCUT2D eigenvalue weighted by molar-refractivity contribution is -0.119. The Balaban J connectivity index is 0.000000304. The van der Waals surface area contributed by atoms with E-state index in [1.165, 1.54) is 0 Å². The van der Waals surface area contributed by atoms with Crippen LogP contribution >= 0.6 is 23.2 Å². The number of amides is 2. The number of benzene rings is 1. The molecule has 6 nitrogen and oxygen atoms in total. The van der Waals surface area contributed by atoms with Gasteiger partial charge in [-0.3, -0.25) is 20.4 Å². The summed E-state index contributed by atoms with van der Waals surface area (Å²) in [5, 5.41) is 0.538. The van der Waals surface area contributed by atoms with Crippen molar-refractivity contribution in [3.63, 3.8) is 0 Å². The minimum Gasteiger partial charge on any atom is -0.377 e. The van der Waals surface area contributed by atoms with Gasteiger partial charge < -0.3 is 9.47 Å². The Kier molecular flexibility index (Phi) is 8.77. The van der Waals surface area contributed by atoms with E-state index >= 15 is 0 Å². The minimum atomic E-state index is -0.473. The lowest BCUT2D eigenvalue weighted by Crippen LogP contribution is -2.42. The van der Waals surface area contributed by atoms with Gasteiger partial charge >= 0.3 is 0 Å². The molecule has 1 saturated heterocycles. The van der Waals surface area contributed by atoms with Crippen molar-refractivity contribution in [2.75, 3.05) is 32.3 Å². The third-order valence-electron chi connectivity index (χ3n) is 2.29. The predicted molar refractivity (Wildman–Crippen MR) is 79.4 cm³/mol. The third kappa shape index (κ3) is 7.87. The molecular weight excluding hydrogens is 319 g/mol. The fourth-order valence-corrected chi connectivity index (χ4v) is 1.47. The van der Waals surface area contributed by atoms with Gasteiger partial charge in [-0.15, -0.1) is 11.6 Å². The molecule has 116 valence electrons. The smallest absolute Gasteiger partial charge is 0.269 e. The molecule has 1 heterocycles. The average Bonchev–Trinajstić information content (AvgIpc) is 2.55. The Labute approximate surface area is 132 Å². The van der Waals surface area contributed by atoms with Crippen molar-refractivity contribution in [3.8, 4) is 0 Å². The molecular formula is C13H16Cl2N2O4. The summed E-state index contributed by atoms with van der Waals surface area (Å²) in [5.41, 5.74) is 4.74. The molecule has 21 heavy (non-hydrogen) atoms. The second-order valence-corrected chi connectivity index (χ2v) is 4.57. The van der Waals surface area contributed by atoms with Gasteiger partial charge in [0.25, 0.3) is 11.8 Å². The molecule has 0 aliphatic carbocycles. The fraction of sp³-hybridized carbons (Fsp3) is 0.385. The average molecular weight is 335 g/mol. The van der Waals surface area contributed by atoms with Crippen LogP contribution in [0.2, 0.25) is 5.02 Å². The van der Waals surface area contributed by atoms with Crippen molar-refractivity contribution >= 4 is 35.0 Å². The summed E-state index contributed by atoms with van der Waals surface area (Å²) < 4.78 is 9.89. The van der Waals surface area contributed by atoms with Gasteiger partial charge in [0.1, 0.15) is 5.88 Å². The van der Waals surface area contributed by atoms with Gasteiger partial charge in [-0.25, -0.2) is 0 Å². The summed E-state index contributed by atoms with van der Waals surface area (Å²) in [5.74, 6) is -1.11. The Hall–Kier alpha value is -1.34. The van der Waals surface area contributed by atoms with E-state index in [1.807, 2.05) is 0 Å². The maximum atomic E-state index is 11.4. The van der Waals surface area contributed by atoms with Crippen LogP contribution in [-0.4, -0.2) is 44.1 Å². The van der Waals surface area contributed by atoms with Crippen LogP contribution in [0, 0.1) is 0 Å². The highest BCUT2D eigenvalue weighted by Gasteiger charge is 2.05. The van der Waals surface area contributed by atoms with Crippen LogP contribution in [0.4, 0.5) is 0 Å². The molecule has 1 aliphatic heterocycles. The summed E-state index contributed by atoms with van der Waals surface area (Å²) in [6.07, 6.45) is 0. The van der Waals surface area contributed by atoms with Gasteiger partial charge in [-0.2, -0.15) is 0 Å². The minimum absolute atomic E-state index is 0.207. The zero-order chi connectivity index (χ0) is 15.5.